The van der Waals surface area contributed by atoms with E-state index in [0.717, 1.165) is 63.1 Å². The zero-order valence-electron chi connectivity index (χ0n) is 15.6. The highest BCUT2D eigenvalue weighted by Crippen LogP contribution is 2.16. The maximum atomic E-state index is 5.29. The summed E-state index contributed by atoms with van der Waals surface area (Å²) in [6.45, 7) is 6.69. The van der Waals surface area contributed by atoms with Gasteiger partial charge < -0.3 is 15.0 Å². The highest BCUT2D eigenvalue weighted by molar-refractivity contribution is 14.0. The monoisotopic (exact) mass is 472 g/mol. The number of aryl methyl sites for hydroxylation is 1. The summed E-state index contributed by atoms with van der Waals surface area (Å²) >= 11 is 0. The molecule has 1 saturated heterocycles. The Labute approximate surface area is 172 Å². The van der Waals surface area contributed by atoms with Gasteiger partial charge in [-0.1, -0.05) is 6.07 Å². The zero-order chi connectivity index (χ0) is 17.5. The van der Waals surface area contributed by atoms with Gasteiger partial charge in [-0.3, -0.25) is 9.39 Å². The second-order valence-electron chi connectivity index (χ2n) is 6.44. The number of nitrogens with zero attached hydrogens (tertiary/aromatic N) is 5. The molecular formula is C18H29IN6O. The van der Waals surface area contributed by atoms with Crippen LogP contribution in [0.3, 0.4) is 0 Å². The second-order valence-corrected chi connectivity index (χ2v) is 6.44. The van der Waals surface area contributed by atoms with Crippen LogP contribution in [0, 0.1) is 5.92 Å². The number of guanidine groups is 1. The van der Waals surface area contributed by atoms with E-state index in [9.17, 15) is 0 Å². The molecule has 1 unspecified atom stereocenters. The Morgan fingerprint density at radius 1 is 1.38 bits per heavy atom. The van der Waals surface area contributed by atoms with Gasteiger partial charge in [0.05, 0.1) is 6.61 Å². The van der Waals surface area contributed by atoms with Gasteiger partial charge in [0.2, 0.25) is 0 Å². The molecule has 7 nitrogen and oxygen atoms in total. The van der Waals surface area contributed by atoms with Crippen molar-refractivity contribution in [1.29, 1.82) is 0 Å². The van der Waals surface area contributed by atoms with Crippen LogP contribution in [-0.4, -0.2) is 65.4 Å². The van der Waals surface area contributed by atoms with Gasteiger partial charge in [0.1, 0.15) is 5.82 Å². The van der Waals surface area contributed by atoms with Crippen LogP contribution in [0.25, 0.3) is 5.65 Å². The first kappa shape index (κ1) is 20.9. The molecule has 0 amide bonds. The van der Waals surface area contributed by atoms with Crippen molar-refractivity contribution in [3.63, 3.8) is 0 Å². The van der Waals surface area contributed by atoms with Crippen LogP contribution in [0.4, 0.5) is 0 Å². The van der Waals surface area contributed by atoms with Crippen LogP contribution < -0.4 is 5.32 Å². The molecule has 1 aliphatic rings. The molecule has 0 aliphatic carbocycles. The summed E-state index contributed by atoms with van der Waals surface area (Å²) < 4.78 is 7.33. The quantitative estimate of drug-likeness (QED) is 0.290. The van der Waals surface area contributed by atoms with Crippen LogP contribution in [0.15, 0.2) is 29.4 Å². The van der Waals surface area contributed by atoms with Gasteiger partial charge in [0.25, 0.3) is 0 Å². The first-order valence-electron chi connectivity index (χ1n) is 9.12. The Bertz CT molecular complexity index is 704. The minimum atomic E-state index is 0. The lowest BCUT2D eigenvalue weighted by Gasteiger charge is -2.21. The van der Waals surface area contributed by atoms with Gasteiger partial charge in [-0.15, -0.1) is 34.2 Å². The van der Waals surface area contributed by atoms with Crippen LogP contribution in [-0.2, 0) is 11.2 Å². The Morgan fingerprint density at radius 2 is 2.27 bits per heavy atom. The molecule has 144 valence electrons. The topological polar surface area (TPSA) is 67.0 Å². The molecule has 0 spiro atoms. The third-order valence-electron chi connectivity index (χ3n) is 4.53. The molecule has 2 aromatic rings. The van der Waals surface area contributed by atoms with E-state index >= 15 is 0 Å². The van der Waals surface area contributed by atoms with Crippen LogP contribution in [0.2, 0.25) is 0 Å². The number of likely N-dealkylation sites (tertiary alicyclic amines) is 1. The van der Waals surface area contributed by atoms with E-state index in [4.69, 9.17) is 9.73 Å². The van der Waals surface area contributed by atoms with E-state index in [1.165, 1.54) is 6.42 Å². The maximum Gasteiger partial charge on any atom is 0.193 e. The highest BCUT2D eigenvalue weighted by Gasteiger charge is 2.24. The smallest absolute Gasteiger partial charge is 0.193 e. The fourth-order valence-electron chi connectivity index (χ4n) is 3.31. The molecule has 1 N–H and O–H groups in total. The van der Waals surface area contributed by atoms with Gasteiger partial charge in [-0.2, -0.15) is 0 Å². The number of ether oxygens (including phenoxy) is 1. The Hall–Kier alpha value is -1.42. The summed E-state index contributed by atoms with van der Waals surface area (Å²) in [7, 11) is 1.77. The first-order valence-corrected chi connectivity index (χ1v) is 9.12. The Morgan fingerprint density at radius 3 is 3.08 bits per heavy atom. The van der Waals surface area contributed by atoms with Gasteiger partial charge in [-0.25, -0.2) is 0 Å². The number of hydrogen-bond acceptors (Lipinski definition) is 4. The van der Waals surface area contributed by atoms with Crippen LogP contribution >= 0.6 is 24.0 Å². The number of aliphatic imine (C=N–C) groups is 1. The van der Waals surface area contributed by atoms with Crippen molar-refractivity contribution in [2.45, 2.75) is 26.2 Å². The maximum absolute atomic E-state index is 5.29. The lowest BCUT2D eigenvalue weighted by atomic mass is 10.1. The van der Waals surface area contributed by atoms with E-state index in [1.54, 1.807) is 7.11 Å². The average molecular weight is 472 g/mol. The Kier molecular flexibility index (Phi) is 8.56. The predicted octanol–water partition coefficient (Wildman–Crippen LogP) is 2.21. The van der Waals surface area contributed by atoms with E-state index in [2.05, 4.69) is 27.3 Å². The van der Waals surface area contributed by atoms with Gasteiger partial charge in [0, 0.05) is 51.8 Å². The average Bonchev–Trinajstić information content (AvgIpc) is 3.25. The standard InChI is InChI=1S/C18H28N6O.HI/c1-3-19-18(23-12-9-15(13-23)14-25-2)20-10-6-8-17-22-21-16-7-4-5-11-24(16)17;/h4-5,7,11,15H,3,6,8-10,12-14H2,1-2H3,(H,19,20);1H. The van der Waals surface area contributed by atoms with Crippen molar-refractivity contribution in [1.82, 2.24) is 24.8 Å². The molecule has 1 aliphatic heterocycles. The van der Waals surface area contributed by atoms with E-state index in [0.29, 0.717) is 5.92 Å². The summed E-state index contributed by atoms with van der Waals surface area (Å²) in [4.78, 5) is 7.15. The van der Waals surface area contributed by atoms with E-state index < -0.39 is 0 Å². The molecule has 1 fully saturated rings. The molecule has 8 heteroatoms. The highest BCUT2D eigenvalue weighted by atomic mass is 127. The minimum Gasteiger partial charge on any atom is -0.384 e. The SMILES string of the molecule is CCNC(=NCCCc1nnc2ccccn12)N1CCC(COC)C1.I. The lowest BCUT2D eigenvalue weighted by Crippen LogP contribution is -2.40. The second kappa shape index (κ2) is 10.7. The van der Waals surface area contributed by atoms with Crippen molar-refractivity contribution in [2.24, 2.45) is 10.9 Å². The van der Waals surface area contributed by atoms with Gasteiger partial charge >= 0.3 is 0 Å². The van der Waals surface area contributed by atoms with Gasteiger partial charge in [0.15, 0.2) is 11.6 Å². The van der Waals surface area contributed by atoms with Crippen molar-refractivity contribution in [3.8, 4) is 0 Å². The number of rotatable bonds is 7. The molecule has 3 rings (SSSR count). The summed E-state index contributed by atoms with van der Waals surface area (Å²) in [5, 5.41) is 11.9. The lowest BCUT2D eigenvalue weighted by molar-refractivity contribution is 0.157. The first-order chi connectivity index (χ1) is 12.3. The Balaban J connectivity index is 0.00000243. The fraction of sp³-hybridized carbons (Fsp3) is 0.611. The number of fused-ring (bicyclic) bond motifs is 1. The molecule has 0 aromatic carbocycles. The number of aromatic nitrogens is 3. The third-order valence-corrected chi connectivity index (χ3v) is 4.53. The minimum absolute atomic E-state index is 0. The van der Waals surface area contributed by atoms with Crippen LogP contribution in [0.5, 0.6) is 0 Å². The molecule has 3 heterocycles. The van der Waals surface area contributed by atoms with Crippen LogP contribution in [0.1, 0.15) is 25.6 Å². The summed E-state index contributed by atoms with van der Waals surface area (Å²) in [6.07, 6.45) is 5.02. The van der Waals surface area contributed by atoms with Crippen molar-refractivity contribution < 1.29 is 4.74 Å². The van der Waals surface area contributed by atoms with Crippen molar-refractivity contribution in [3.05, 3.63) is 30.2 Å². The van der Waals surface area contributed by atoms with E-state index in [1.807, 2.05) is 28.8 Å². The molecule has 0 radical (unpaired) electrons. The third kappa shape index (κ3) is 5.29. The number of pyridine rings is 1. The summed E-state index contributed by atoms with van der Waals surface area (Å²) in [6, 6.07) is 5.96. The molecule has 0 saturated carbocycles. The molecule has 0 bridgehead atoms. The summed E-state index contributed by atoms with van der Waals surface area (Å²) in [5.41, 5.74) is 0.899. The molecule has 2 aromatic heterocycles. The molecular weight excluding hydrogens is 443 g/mol. The molecule has 1 atom stereocenters. The largest absolute Gasteiger partial charge is 0.384 e. The van der Waals surface area contributed by atoms with E-state index in [-0.39, 0.29) is 24.0 Å². The normalized spacial score (nSPS) is 17.5. The summed E-state index contributed by atoms with van der Waals surface area (Å²) in [5.74, 6) is 2.63. The number of methoxy groups -OCH3 is 1. The molecule has 26 heavy (non-hydrogen) atoms. The number of hydrogen-bond donors (Lipinski definition) is 1. The van der Waals surface area contributed by atoms with Crippen molar-refractivity contribution in [2.75, 3.05) is 39.9 Å². The fourth-order valence-corrected chi connectivity index (χ4v) is 3.31. The number of halogens is 1. The zero-order valence-corrected chi connectivity index (χ0v) is 17.9. The number of nitrogens with one attached hydrogen (secondary N) is 1. The van der Waals surface area contributed by atoms with Crippen molar-refractivity contribution >= 4 is 35.6 Å². The predicted molar refractivity (Wildman–Crippen MR) is 114 cm³/mol. The van der Waals surface area contributed by atoms with Gasteiger partial charge in [-0.05, 0) is 31.9 Å².